The molecule has 2 rings (SSSR count). The summed E-state index contributed by atoms with van der Waals surface area (Å²) in [5.41, 5.74) is 4.90. The summed E-state index contributed by atoms with van der Waals surface area (Å²) in [6, 6.07) is 13.7. The fourth-order valence-electron chi connectivity index (χ4n) is 3.16. The second-order valence-electron chi connectivity index (χ2n) is 7.99. The largest absolute Gasteiger partial charge is 0.350 e. The molecule has 1 N–H and O–H groups in total. The van der Waals surface area contributed by atoms with Gasteiger partial charge in [-0.2, -0.15) is 0 Å². The molecule has 0 unspecified atom stereocenters. The van der Waals surface area contributed by atoms with Gasteiger partial charge in [0.1, 0.15) is 0 Å². The van der Waals surface area contributed by atoms with E-state index in [4.69, 9.17) is 0 Å². The first-order valence-electron chi connectivity index (χ1n) is 9.34. The molecule has 0 saturated carbocycles. The Hall–Kier alpha value is -2.62. The molecule has 0 bridgehead atoms. The summed E-state index contributed by atoms with van der Waals surface area (Å²) in [5, 5.41) is 2.92. The van der Waals surface area contributed by atoms with Crippen LogP contribution in [-0.4, -0.2) is 24.9 Å². The maximum atomic E-state index is 12.4. The lowest BCUT2D eigenvalue weighted by molar-refractivity contribution is -0.116. The normalized spacial score (nSPS) is 11.2. The Morgan fingerprint density at radius 3 is 2.00 bits per heavy atom. The molecule has 2 amide bonds. The van der Waals surface area contributed by atoms with Crippen LogP contribution in [-0.2, 0) is 10.2 Å². The van der Waals surface area contributed by atoms with Crippen LogP contribution >= 0.6 is 0 Å². The molecule has 0 heterocycles. The van der Waals surface area contributed by atoms with Crippen molar-refractivity contribution >= 4 is 17.5 Å². The Morgan fingerprint density at radius 2 is 1.52 bits per heavy atom. The van der Waals surface area contributed by atoms with E-state index < -0.39 is 0 Å². The van der Waals surface area contributed by atoms with Gasteiger partial charge in [-0.1, -0.05) is 51.1 Å². The molecular weight excluding hydrogens is 336 g/mol. The van der Waals surface area contributed by atoms with Crippen LogP contribution in [0.1, 0.15) is 54.7 Å². The molecule has 0 aliphatic heterocycles. The summed E-state index contributed by atoms with van der Waals surface area (Å²) in [5.74, 6) is -0.156. The van der Waals surface area contributed by atoms with E-state index in [0.29, 0.717) is 18.7 Å². The van der Waals surface area contributed by atoms with E-state index in [0.717, 1.165) is 16.8 Å². The number of nitrogens with zero attached hydrogens (tertiary/aromatic N) is 1. The van der Waals surface area contributed by atoms with Crippen molar-refractivity contribution < 1.29 is 9.59 Å². The van der Waals surface area contributed by atoms with Gasteiger partial charge in [-0.05, 0) is 48.1 Å². The topological polar surface area (TPSA) is 49.4 Å². The zero-order chi connectivity index (χ0) is 20.2. The lowest BCUT2D eigenvalue weighted by atomic mass is 9.87. The predicted molar refractivity (Wildman–Crippen MR) is 111 cm³/mol. The lowest BCUT2D eigenvalue weighted by Gasteiger charge is -2.25. The van der Waals surface area contributed by atoms with E-state index in [-0.39, 0.29) is 17.2 Å². The second-order valence-corrected chi connectivity index (χ2v) is 7.99. The number of carbonyl (C=O) groups excluding carboxylic acids is 2. The number of amides is 2. The van der Waals surface area contributed by atoms with Gasteiger partial charge >= 0.3 is 0 Å². The van der Waals surface area contributed by atoms with E-state index in [1.807, 2.05) is 56.3 Å². The number of rotatable bonds is 5. The maximum Gasteiger partial charge on any atom is 0.251 e. The van der Waals surface area contributed by atoms with Gasteiger partial charge in [-0.15, -0.1) is 0 Å². The van der Waals surface area contributed by atoms with Crippen LogP contribution in [0.15, 0.2) is 42.5 Å². The molecule has 4 heteroatoms. The predicted octanol–water partition coefficient (Wildman–Crippen LogP) is 4.38. The number of para-hydroxylation sites is 1. The molecule has 2 aromatic rings. The van der Waals surface area contributed by atoms with E-state index in [2.05, 4.69) is 26.1 Å². The second kappa shape index (κ2) is 8.38. The summed E-state index contributed by atoms with van der Waals surface area (Å²) in [7, 11) is 0. The van der Waals surface area contributed by atoms with Crippen molar-refractivity contribution in [3.8, 4) is 0 Å². The monoisotopic (exact) mass is 366 g/mol. The minimum atomic E-state index is -0.125. The van der Waals surface area contributed by atoms with Crippen molar-refractivity contribution in [3.63, 3.8) is 0 Å². The summed E-state index contributed by atoms with van der Waals surface area (Å²) in [4.78, 5) is 26.3. The molecule has 0 spiro atoms. The van der Waals surface area contributed by atoms with Gasteiger partial charge in [0, 0.05) is 31.3 Å². The number of hydrogen-bond donors (Lipinski definition) is 1. The highest BCUT2D eigenvalue weighted by Crippen LogP contribution is 2.24. The zero-order valence-corrected chi connectivity index (χ0v) is 17.2. The van der Waals surface area contributed by atoms with Crippen molar-refractivity contribution in [2.45, 2.75) is 47.0 Å². The van der Waals surface area contributed by atoms with Gasteiger partial charge < -0.3 is 10.2 Å². The summed E-state index contributed by atoms with van der Waals surface area (Å²) >= 11 is 0. The van der Waals surface area contributed by atoms with Crippen LogP contribution < -0.4 is 10.2 Å². The molecule has 27 heavy (non-hydrogen) atoms. The van der Waals surface area contributed by atoms with Crippen molar-refractivity contribution in [2.24, 2.45) is 0 Å². The Morgan fingerprint density at radius 1 is 0.963 bits per heavy atom. The van der Waals surface area contributed by atoms with Crippen LogP contribution in [0.2, 0.25) is 0 Å². The van der Waals surface area contributed by atoms with E-state index >= 15 is 0 Å². The number of carbonyl (C=O) groups is 2. The lowest BCUT2D eigenvalue weighted by Crippen LogP contribution is -2.38. The van der Waals surface area contributed by atoms with Gasteiger partial charge in [0.05, 0.1) is 0 Å². The third-order valence-electron chi connectivity index (χ3n) is 4.72. The third-order valence-corrected chi connectivity index (χ3v) is 4.72. The highest BCUT2D eigenvalue weighted by atomic mass is 16.2. The number of nitrogens with one attached hydrogen (secondary N) is 1. The van der Waals surface area contributed by atoms with Crippen molar-refractivity contribution in [1.82, 2.24) is 5.32 Å². The van der Waals surface area contributed by atoms with E-state index in [1.165, 1.54) is 5.56 Å². The average molecular weight is 367 g/mol. The molecule has 2 aromatic carbocycles. The fourth-order valence-corrected chi connectivity index (χ4v) is 3.16. The van der Waals surface area contributed by atoms with Crippen LogP contribution in [0.4, 0.5) is 5.69 Å². The maximum absolute atomic E-state index is 12.4. The van der Waals surface area contributed by atoms with Crippen molar-refractivity contribution in [1.29, 1.82) is 0 Å². The number of aryl methyl sites for hydroxylation is 2. The van der Waals surface area contributed by atoms with E-state index in [1.54, 1.807) is 11.8 Å². The molecule has 0 aromatic heterocycles. The fraction of sp³-hybridized carbons (Fsp3) is 0.391. The standard InChI is InChI=1S/C23H30N2O2/c1-16-8-7-9-17(2)21(16)25(18(3)26)15-14-24-22(27)19-10-12-20(13-11-19)23(4,5)6/h7-13H,14-15H2,1-6H3,(H,24,27). The molecule has 144 valence electrons. The van der Waals surface area contributed by atoms with Gasteiger partial charge in [0.25, 0.3) is 5.91 Å². The van der Waals surface area contributed by atoms with Gasteiger partial charge in [-0.25, -0.2) is 0 Å². The highest BCUT2D eigenvalue weighted by molar-refractivity contribution is 5.95. The van der Waals surface area contributed by atoms with Crippen molar-refractivity contribution in [2.75, 3.05) is 18.0 Å². The number of hydrogen-bond acceptors (Lipinski definition) is 2. The Balaban J connectivity index is 2.03. The summed E-state index contributed by atoms with van der Waals surface area (Å²) in [6.45, 7) is 12.8. The first kappa shape index (κ1) is 20.7. The Labute approximate surface area is 162 Å². The van der Waals surface area contributed by atoms with Gasteiger partial charge in [0.2, 0.25) is 5.91 Å². The average Bonchev–Trinajstić information content (AvgIpc) is 2.59. The minimum absolute atomic E-state index is 0.0313. The Kier molecular flexibility index (Phi) is 6.42. The van der Waals surface area contributed by atoms with Crippen LogP contribution in [0.5, 0.6) is 0 Å². The number of benzene rings is 2. The van der Waals surface area contributed by atoms with Crippen LogP contribution in [0.3, 0.4) is 0 Å². The number of anilines is 1. The molecule has 0 atom stereocenters. The zero-order valence-electron chi connectivity index (χ0n) is 17.2. The molecule has 4 nitrogen and oxygen atoms in total. The molecule has 0 fully saturated rings. The van der Waals surface area contributed by atoms with E-state index in [9.17, 15) is 9.59 Å². The summed E-state index contributed by atoms with van der Waals surface area (Å²) < 4.78 is 0. The SMILES string of the molecule is CC(=O)N(CCNC(=O)c1ccc(C(C)(C)C)cc1)c1c(C)cccc1C. The smallest absolute Gasteiger partial charge is 0.251 e. The molecular formula is C23H30N2O2. The quantitative estimate of drug-likeness (QED) is 0.853. The molecule has 0 saturated heterocycles. The minimum Gasteiger partial charge on any atom is -0.350 e. The molecule has 0 radical (unpaired) electrons. The van der Waals surface area contributed by atoms with Gasteiger partial charge in [0.15, 0.2) is 0 Å². The molecule has 0 aliphatic rings. The Bertz CT molecular complexity index is 797. The highest BCUT2D eigenvalue weighted by Gasteiger charge is 2.17. The third kappa shape index (κ3) is 5.19. The summed E-state index contributed by atoms with van der Waals surface area (Å²) in [6.07, 6.45) is 0. The molecule has 0 aliphatic carbocycles. The first-order valence-corrected chi connectivity index (χ1v) is 9.34. The van der Waals surface area contributed by atoms with Crippen LogP contribution in [0, 0.1) is 13.8 Å². The first-order chi connectivity index (χ1) is 12.6. The van der Waals surface area contributed by atoms with Crippen LogP contribution in [0.25, 0.3) is 0 Å². The van der Waals surface area contributed by atoms with Crippen molar-refractivity contribution in [3.05, 3.63) is 64.7 Å². The van der Waals surface area contributed by atoms with Gasteiger partial charge in [-0.3, -0.25) is 9.59 Å².